The highest BCUT2D eigenvalue weighted by atomic mass is 32.2. The summed E-state index contributed by atoms with van der Waals surface area (Å²) in [6.07, 6.45) is 0. The lowest BCUT2D eigenvalue weighted by Gasteiger charge is -2.21. The maximum atomic E-state index is 9.34. The van der Waals surface area contributed by atoms with Crippen molar-refractivity contribution in [1.82, 2.24) is 0 Å². The summed E-state index contributed by atoms with van der Waals surface area (Å²) in [6, 6.07) is 20.7. The van der Waals surface area contributed by atoms with Crippen LogP contribution < -0.4 is 0 Å². The second-order valence-electron chi connectivity index (χ2n) is 10.7. The van der Waals surface area contributed by atoms with E-state index in [9.17, 15) is 5.48 Å². The van der Waals surface area contributed by atoms with Gasteiger partial charge in [0, 0.05) is 15.2 Å². The summed E-state index contributed by atoms with van der Waals surface area (Å²) in [5.74, 6) is 0. The second-order valence-corrected chi connectivity index (χ2v) is 11.8. The summed E-state index contributed by atoms with van der Waals surface area (Å²) in [5.41, 5.74) is 3.60. The van der Waals surface area contributed by atoms with Gasteiger partial charge in [-0.2, -0.15) is 0 Å². The Morgan fingerprint density at radius 3 is 2.09 bits per heavy atom. The fourth-order valence-corrected chi connectivity index (χ4v) is 7.25. The highest BCUT2D eigenvalue weighted by Gasteiger charge is 2.20. The summed E-state index contributed by atoms with van der Waals surface area (Å²) >= 11 is 1.71. The van der Waals surface area contributed by atoms with Gasteiger partial charge in [-0.1, -0.05) is 157 Å². The van der Waals surface area contributed by atoms with E-state index in [1.165, 1.54) is 11.0 Å². The third-order valence-corrected chi connectivity index (χ3v) is 9.27. The average Bonchev–Trinajstić information content (AvgIpc) is 3.22. The maximum absolute atomic E-state index is 9.34. The number of rotatable bonds is 3. The average molecular weight is 602 g/mol. The zero-order valence-electron chi connectivity index (χ0n) is 36.6. The first-order valence-corrected chi connectivity index (χ1v) is 15.2. The van der Waals surface area contributed by atoms with Gasteiger partial charge in [0.25, 0.3) is 0 Å². The highest BCUT2D eigenvalue weighted by molar-refractivity contribution is 7.99. The van der Waals surface area contributed by atoms with Crippen molar-refractivity contribution in [3.8, 4) is 44.5 Å². The smallest absolute Gasteiger partial charge is 0.0630 e. The summed E-state index contributed by atoms with van der Waals surface area (Å²) in [5, 5.41) is 1.61. The molecule has 0 saturated carbocycles. The molecule has 1 heteroatoms. The molecule has 210 valence electrons. The van der Waals surface area contributed by atoms with Gasteiger partial charge in [0.15, 0.2) is 0 Å². The Bertz CT molecular complexity index is 3170. The summed E-state index contributed by atoms with van der Waals surface area (Å²) < 4.78 is 115. The van der Waals surface area contributed by atoms with Crippen molar-refractivity contribution >= 4 is 44.1 Å². The minimum atomic E-state index is -0.698. The minimum Gasteiger partial charge on any atom is -0.0888 e. The predicted molar refractivity (Wildman–Crippen MR) is 194 cm³/mol. The van der Waals surface area contributed by atoms with Crippen molar-refractivity contribution < 1.29 is 17.8 Å². The molecule has 0 fully saturated rings. The molecule has 0 spiro atoms. The van der Waals surface area contributed by atoms with Crippen LogP contribution in [0, 0.1) is 0 Å². The van der Waals surface area contributed by atoms with E-state index in [2.05, 4.69) is 30.3 Å². The Hall–Kier alpha value is -5.37. The lowest BCUT2D eigenvalue weighted by Crippen LogP contribution is -1.94. The Balaban J connectivity index is 1.39. The molecule has 0 saturated heterocycles. The van der Waals surface area contributed by atoms with Crippen molar-refractivity contribution in [3.63, 3.8) is 0 Å². The molecule has 8 aromatic rings. The molecular formula is C44H28S. The molecule has 9 rings (SSSR count). The Morgan fingerprint density at radius 2 is 1.16 bits per heavy atom. The van der Waals surface area contributed by atoms with E-state index in [1.807, 2.05) is 36.4 Å². The van der Waals surface area contributed by atoms with Crippen LogP contribution in [0.3, 0.4) is 0 Å². The van der Waals surface area contributed by atoms with Crippen LogP contribution in [0.1, 0.15) is 17.8 Å². The molecule has 0 aromatic heterocycles. The van der Waals surface area contributed by atoms with Crippen LogP contribution in [0.25, 0.3) is 76.8 Å². The number of hydrogen-bond donors (Lipinski definition) is 0. The molecular weight excluding hydrogens is 561 g/mol. The second kappa shape index (κ2) is 10.7. The van der Waals surface area contributed by atoms with Gasteiger partial charge in [0.2, 0.25) is 0 Å². The van der Waals surface area contributed by atoms with Gasteiger partial charge >= 0.3 is 0 Å². The van der Waals surface area contributed by atoms with Crippen LogP contribution in [-0.2, 0) is 0 Å². The van der Waals surface area contributed by atoms with E-state index in [0.717, 1.165) is 44.0 Å². The van der Waals surface area contributed by atoms with Crippen LogP contribution >= 0.6 is 11.8 Å². The topological polar surface area (TPSA) is 0 Å². The number of hydrogen-bond acceptors (Lipinski definition) is 1. The van der Waals surface area contributed by atoms with Gasteiger partial charge in [0.1, 0.15) is 0 Å². The predicted octanol–water partition coefficient (Wildman–Crippen LogP) is 12.8. The first kappa shape index (κ1) is 16.1. The van der Waals surface area contributed by atoms with Gasteiger partial charge in [0.05, 0.1) is 17.8 Å². The highest BCUT2D eigenvalue weighted by Crippen LogP contribution is 2.49. The molecule has 0 amide bonds. The van der Waals surface area contributed by atoms with Crippen LogP contribution in [0.4, 0.5) is 0 Å². The largest absolute Gasteiger partial charge is 0.0888 e. The Labute approximate surface area is 285 Å². The third-order valence-electron chi connectivity index (χ3n) is 8.13. The molecule has 2 bridgehead atoms. The molecule has 0 N–H and O–H groups in total. The van der Waals surface area contributed by atoms with Crippen molar-refractivity contribution in [2.75, 3.05) is 0 Å². The zero-order chi connectivity index (χ0) is 41.1. The molecule has 45 heavy (non-hydrogen) atoms. The Morgan fingerprint density at radius 1 is 0.378 bits per heavy atom. The summed E-state index contributed by atoms with van der Waals surface area (Å²) in [7, 11) is 0. The van der Waals surface area contributed by atoms with Crippen LogP contribution in [0.5, 0.6) is 0 Å². The minimum absolute atomic E-state index is 0.00863. The normalized spacial score (nSPS) is 16.0. The summed E-state index contributed by atoms with van der Waals surface area (Å²) in [6.45, 7) is 0. The SMILES string of the molecule is [2H]c1cc([2H])c([2H])c2c(-c3c([2H])c([2H])c([2H])c([2H])c3[2H])c([2H])c([2H])c3c([2H])c([2H])c(cc32)c(-c2cccc(-c3ccc4c5c(cccc35)-c3ccccc3S4)c2)c1[2H]. The van der Waals surface area contributed by atoms with Crippen molar-refractivity contribution in [1.29, 1.82) is 0 Å². The van der Waals surface area contributed by atoms with E-state index in [4.69, 9.17) is 12.3 Å². The van der Waals surface area contributed by atoms with E-state index < -0.39 is 78.1 Å². The quantitative estimate of drug-likeness (QED) is 0.194. The fraction of sp³-hybridized carbons (Fsp3) is 0. The summed E-state index contributed by atoms with van der Waals surface area (Å²) in [4.78, 5) is 2.28. The first-order chi connectivity index (χ1) is 27.7. The molecule has 1 aliphatic rings. The molecule has 0 nitrogen and oxygen atoms in total. The van der Waals surface area contributed by atoms with E-state index in [1.54, 1.807) is 23.9 Å². The third kappa shape index (κ3) is 4.39. The fourth-order valence-electron chi connectivity index (χ4n) is 6.12. The van der Waals surface area contributed by atoms with Crippen LogP contribution in [-0.4, -0.2) is 0 Å². The lowest BCUT2D eigenvalue weighted by molar-refractivity contribution is 1.40. The molecule has 1 aliphatic heterocycles. The van der Waals surface area contributed by atoms with Gasteiger partial charge in [-0.05, 0) is 95.7 Å². The molecule has 0 aliphatic carbocycles. The van der Waals surface area contributed by atoms with Crippen molar-refractivity contribution in [2.45, 2.75) is 9.79 Å². The maximum Gasteiger partial charge on any atom is 0.0630 e. The monoisotopic (exact) mass is 601 g/mol. The lowest BCUT2D eigenvalue weighted by atomic mass is 9.90. The van der Waals surface area contributed by atoms with E-state index in [-0.39, 0.29) is 38.7 Å². The molecule has 8 aromatic carbocycles. The molecule has 0 radical (unpaired) electrons. The number of benzene rings is 7. The molecule has 0 atom stereocenters. The molecule has 0 unspecified atom stereocenters. The standard InChI is InChI=1S/C44H28S/c1-3-11-29(12-4-1)35-24-23-30-21-22-33-28-41(30)37(35)16-6-2-5-15-34(33)31-13-9-14-32(27-31)36-25-26-43-44-39(36)18-10-19-40(44)38-17-7-8-20-42(38)45-43/h1-28H/i1D,3D,4D,5D,6D,11D,12D,15D,16D,21D,22D,23D,24D. The van der Waals surface area contributed by atoms with Gasteiger partial charge in [-0.3, -0.25) is 0 Å². The van der Waals surface area contributed by atoms with Gasteiger partial charge in [-0.25, -0.2) is 0 Å². The van der Waals surface area contributed by atoms with Gasteiger partial charge in [-0.15, -0.1) is 0 Å². The number of fused-ring (bicyclic) bond motifs is 3. The van der Waals surface area contributed by atoms with Crippen molar-refractivity contribution in [3.05, 3.63) is 170 Å². The van der Waals surface area contributed by atoms with Gasteiger partial charge < -0.3 is 0 Å². The zero-order valence-corrected chi connectivity index (χ0v) is 24.4. The van der Waals surface area contributed by atoms with E-state index in [0.29, 0.717) is 5.56 Å². The van der Waals surface area contributed by atoms with Crippen LogP contribution in [0.2, 0.25) is 0 Å². The van der Waals surface area contributed by atoms with Crippen LogP contribution in [0.15, 0.2) is 179 Å². The van der Waals surface area contributed by atoms with E-state index >= 15 is 0 Å². The molecule has 1 heterocycles. The Kier molecular flexibility index (Phi) is 3.81. The van der Waals surface area contributed by atoms with Crippen molar-refractivity contribution in [2.24, 2.45) is 0 Å². The first-order valence-electron chi connectivity index (χ1n) is 20.9.